The standard InChI is InChI=1S/C17H23N3O3/c1-21-8-7-19-11-12-9-16(23-3)13(10-15(12)22-2)14-5-4-6-17(18)20-14/h4-6,9-10,19H,7-8,11H2,1-3H3,(H2,18,20). The van der Waals surface area contributed by atoms with E-state index in [0.717, 1.165) is 34.9 Å². The summed E-state index contributed by atoms with van der Waals surface area (Å²) in [6.45, 7) is 2.08. The van der Waals surface area contributed by atoms with Crippen molar-refractivity contribution in [2.75, 3.05) is 40.2 Å². The molecule has 0 aliphatic carbocycles. The number of methoxy groups -OCH3 is 3. The molecule has 6 heteroatoms. The smallest absolute Gasteiger partial charge is 0.128 e. The minimum absolute atomic E-state index is 0.467. The van der Waals surface area contributed by atoms with E-state index in [1.165, 1.54) is 0 Å². The van der Waals surface area contributed by atoms with Crippen molar-refractivity contribution in [3.63, 3.8) is 0 Å². The minimum Gasteiger partial charge on any atom is -0.496 e. The van der Waals surface area contributed by atoms with E-state index in [0.29, 0.717) is 19.0 Å². The van der Waals surface area contributed by atoms with Gasteiger partial charge in [0, 0.05) is 31.3 Å². The molecule has 0 amide bonds. The molecule has 0 unspecified atom stereocenters. The van der Waals surface area contributed by atoms with Crippen molar-refractivity contribution in [3.8, 4) is 22.8 Å². The molecule has 0 saturated carbocycles. The van der Waals surface area contributed by atoms with Crippen molar-refractivity contribution < 1.29 is 14.2 Å². The molecule has 2 rings (SSSR count). The number of hydrogen-bond acceptors (Lipinski definition) is 6. The van der Waals surface area contributed by atoms with Gasteiger partial charge in [-0.1, -0.05) is 6.07 Å². The third-order valence-electron chi connectivity index (χ3n) is 3.45. The highest BCUT2D eigenvalue weighted by molar-refractivity contribution is 5.71. The highest BCUT2D eigenvalue weighted by Gasteiger charge is 2.14. The van der Waals surface area contributed by atoms with Gasteiger partial charge in [-0.2, -0.15) is 0 Å². The SMILES string of the molecule is COCCNCc1cc(OC)c(-c2cccc(N)n2)cc1OC. The summed E-state index contributed by atoms with van der Waals surface area (Å²) in [4.78, 5) is 4.35. The fourth-order valence-corrected chi connectivity index (χ4v) is 2.30. The Hall–Kier alpha value is -2.31. The Morgan fingerprint density at radius 2 is 1.87 bits per heavy atom. The first kappa shape index (κ1) is 17.1. The lowest BCUT2D eigenvalue weighted by Gasteiger charge is -2.15. The number of nitrogens with zero attached hydrogens (tertiary/aromatic N) is 1. The molecule has 1 aromatic carbocycles. The number of nitrogen functional groups attached to an aromatic ring is 1. The van der Waals surface area contributed by atoms with Crippen LogP contribution in [0.5, 0.6) is 11.5 Å². The van der Waals surface area contributed by atoms with Gasteiger partial charge in [-0.05, 0) is 24.3 Å². The molecule has 0 saturated heterocycles. The second kappa shape index (κ2) is 8.36. The number of benzene rings is 1. The number of anilines is 1. The van der Waals surface area contributed by atoms with E-state index < -0.39 is 0 Å². The zero-order chi connectivity index (χ0) is 16.7. The van der Waals surface area contributed by atoms with Gasteiger partial charge in [0.15, 0.2) is 0 Å². The molecule has 3 N–H and O–H groups in total. The molecule has 0 radical (unpaired) electrons. The van der Waals surface area contributed by atoms with Crippen molar-refractivity contribution in [1.82, 2.24) is 10.3 Å². The number of aromatic nitrogens is 1. The summed E-state index contributed by atoms with van der Waals surface area (Å²) in [5, 5.41) is 3.30. The average molecular weight is 317 g/mol. The maximum absolute atomic E-state index is 5.78. The van der Waals surface area contributed by atoms with Gasteiger partial charge in [-0.3, -0.25) is 0 Å². The van der Waals surface area contributed by atoms with Gasteiger partial charge in [0.05, 0.1) is 26.5 Å². The summed E-state index contributed by atoms with van der Waals surface area (Å²) in [6, 6.07) is 9.39. The second-order valence-corrected chi connectivity index (χ2v) is 4.98. The zero-order valence-corrected chi connectivity index (χ0v) is 13.8. The predicted molar refractivity (Wildman–Crippen MR) is 90.8 cm³/mol. The largest absolute Gasteiger partial charge is 0.496 e. The molecule has 6 nitrogen and oxygen atoms in total. The zero-order valence-electron chi connectivity index (χ0n) is 13.8. The normalized spacial score (nSPS) is 10.6. The van der Waals surface area contributed by atoms with E-state index in [2.05, 4.69) is 10.3 Å². The number of ether oxygens (including phenoxy) is 3. The lowest BCUT2D eigenvalue weighted by Crippen LogP contribution is -2.19. The second-order valence-electron chi connectivity index (χ2n) is 4.98. The van der Waals surface area contributed by atoms with Gasteiger partial charge in [-0.25, -0.2) is 4.98 Å². The van der Waals surface area contributed by atoms with E-state index in [9.17, 15) is 0 Å². The molecule has 0 aliphatic heterocycles. The maximum atomic E-state index is 5.78. The van der Waals surface area contributed by atoms with Gasteiger partial charge in [0.2, 0.25) is 0 Å². The van der Waals surface area contributed by atoms with Gasteiger partial charge in [0.25, 0.3) is 0 Å². The van der Waals surface area contributed by atoms with Crippen LogP contribution in [0.4, 0.5) is 5.82 Å². The molecule has 0 spiro atoms. The van der Waals surface area contributed by atoms with Crippen LogP contribution in [0.3, 0.4) is 0 Å². The number of rotatable bonds is 8. The van der Waals surface area contributed by atoms with Crippen LogP contribution < -0.4 is 20.5 Å². The monoisotopic (exact) mass is 317 g/mol. The van der Waals surface area contributed by atoms with E-state index >= 15 is 0 Å². The lowest BCUT2D eigenvalue weighted by molar-refractivity contribution is 0.199. The summed E-state index contributed by atoms with van der Waals surface area (Å²) in [6.07, 6.45) is 0. The highest BCUT2D eigenvalue weighted by Crippen LogP contribution is 2.35. The third kappa shape index (κ3) is 4.34. The molecule has 0 fully saturated rings. The van der Waals surface area contributed by atoms with Crippen LogP contribution in [-0.2, 0) is 11.3 Å². The molecule has 1 heterocycles. The summed E-state index contributed by atoms with van der Waals surface area (Å²) in [5.74, 6) is 1.97. The average Bonchev–Trinajstić information content (AvgIpc) is 2.58. The first-order valence-corrected chi connectivity index (χ1v) is 7.37. The summed E-state index contributed by atoms with van der Waals surface area (Å²) < 4.78 is 16.1. The maximum Gasteiger partial charge on any atom is 0.128 e. The Morgan fingerprint density at radius 1 is 1.09 bits per heavy atom. The van der Waals surface area contributed by atoms with Crippen LogP contribution in [0, 0.1) is 0 Å². The van der Waals surface area contributed by atoms with E-state index in [-0.39, 0.29) is 0 Å². The van der Waals surface area contributed by atoms with Crippen molar-refractivity contribution in [3.05, 3.63) is 35.9 Å². The van der Waals surface area contributed by atoms with Crippen molar-refractivity contribution in [2.24, 2.45) is 0 Å². The number of nitrogens with two attached hydrogens (primary N) is 1. The van der Waals surface area contributed by atoms with Crippen LogP contribution >= 0.6 is 0 Å². The quantitative estimate of drug-likeness (QED) is 0.726. The van der Waals surface area contributed by atoms with E-state index in [1.54, 1.807) is 27.4 Å². The third-order valence-corrected chi connectivity index (χ3v) is 3.45. The topological polar surface area (TPSA) is 78.6 Å². The van der Waals surface area contributed by atoms with Crippen LogP contribution in [0.15, 0.2) is 30.3 Å². The molecular weight excluding hydrogens is 294 g/mol. The summed E-state index contributed by atoms with van der Waals surface area (Å²) >= 11 is 0. The molecule has 124 valence electrons. The van der Waals surface area contributed by atoms with Crippen molar-refractivity contribution in [2.45, 2.75) is 6.54 Å². The van der Waals surface area contributed by atoms with Crippen molar-refractivity contribution in [1.29, 1.82) is 0 Å². The Kier molecular flexibility index (Phi) is 6.19. The van der Waals surface area contributed by atoms with Crippen LogP contribution in [0.25, 0.3) is 11.3 Å². The number of pyridine rings is 1. The van der Waals surface area contributed by atoms with Gasteiger partial charge in [-0.15, -0.1) is 0 Å². The molecule has 1 aromatic heterocycles. The Balaban J connectivity index is 2.33. The first-order chi connectivity index (χ1) is 11.2. The van der Waals surface area contributed by atoms with Gasteiger partial charge < -0.3 is 25.3 Å². The lowest BCUT2D eigenvalue weighted by atomic mass is 10.0. The van der Waals surface area contributed by atoms with Crippen molar-refractivity contribution >= 4 is 5.82 Å². The van der Waals surface area contributed by atoms with E-state index in [4.69, 9.17) is 19.9 Å². The molecule has 0 atom stereocenters. The Morgan fingerprint density at radius 3 is 2.52 bits per heavy atom. The number of hydrogen-bond donors (Lipinski definition) is 2. The highest BCUT2D eigenvalue weighted by atomic mass is 16.5. The predicted octanol–water partition coefficient (Wildman–Crippen LogP) is 2.08. The van der Waals surface area contributed by atoms with Crippen LogP contribution in [0.2, 0.25) is 0 Å². The van der Waals surface area contributed by atoms with Gasteiger partial charge >= 0.3 is 0 Å². The molecule has 2 aromatic rings. The Labute approximate surface area is 136 Å². The van der Waals surface area contributed by atoms with Gasteiger partial charge in [0.1, 0.15) is 17.3 Å². The molecule has 0 aliphatic rings. The minimum atomic E-state index is 0.467. The number of nitrogens with one attached hydrogen (secondary N) is 1. The summed E-state index contributed by atoms with van der Waals surface area (Å²) in [5.41, 5.74) is 8.38. The fraction of sp³-hybridized carbons (Fsp3) is 0.353. The Bertz CT molecular complexity index is 647. The fourth-order valence-electron chi connectivity index (χ4n) is 2.30. The summed E-state index contributed by atoms with van der Waals surface area (Å²) in [7, 11) is 4.97. The molecule has 23 heavy (non-hydrogen) atoms. The first-order valence-electron chi connectivity index (χ1n) is 7.37. The molecule has 0 bridgehead atoms. The van der Waals surface area contributed by atoms with E-state index in [1.807, 2.05) is 24.3 Å². The van der Waals surface area contributed by atoms with Crippen LogP contribution in [0.1, 0.15) is 5.56 Å². The molecular formula is C17H23N3O3. The van der Waals surface area contributed by atoms with Crippen LogP contribution in [-0.4, -0.2) is 39.5 Å².